The molecule has 1 aromatic carbocycles. The molecule has 0 saturated carbocycles. The molecule has 124 valence electrons. The zero-order valence-corrected chi connectivity index (χ0v) is 14.8. The highest BCUT2D eigenvalue weighted by Crippen LogP contribution is 2.22. The summed E-state index contributed by atoms with van der Waals surface area (Å²) in [4.78, 5) is 17.0. The Morgan fingerprint density at radius 1 is 1.17 bits per heavy atom. The minimum atomic E-state index is -0.0682. The monoisotopic (exact) mass is 319 g/mol. The minimum Gasteiger partial charge on any atom is -0.292 e. The summed E-state index contributed by atoms with van der Waals surface area (Å²) in [7, 11) is 0. The van der Waals surface area contributed by atoms with Gasteiger partial charge < -0.3 is 0 Å². The van der Waals surface area contributed by atoms with E-state index in [9.17, 15) is 4.79 Å². The lowest BCUT2D eigenvalue weighted by atomic mass is 10.00. The number of benzene rings is 1. The van der Waals surface area contributed by atoms with Crippen LogP contribution in [0, 0.1) is 18.3 Å². The first kappa shape index (κ1) is 17.9. The molecule has 1 heterocycles. The average molecular weight is 319 g/mol. The highest BCUT2D eigenvalue weighted by molar-refractivity contribution is 5.95. The number of hydrogen-bond donors (Lipinski definition) is 0. The van der Waals surface area contributed by atoms with E-state index in [0.29, 0.717) is 12.1 Å². The van der Waals surface area contributed by atoms with E-state index >= 15 is 0 Å². The van der Waals surface area contributed by atoms with E-state index in [1.807, 2.05) is 13.0 Å². The molecule has 1 atom stereocenters. The second kappa shape index (κ2) is 8.45. The molecule has 0 aliphatic heterocycles. The van der Waals surface area contributed by atoms with Gasteiger partial charge in [-0.1, -0.05) is 51.5 Å². The highest BCUT2D eigenvalue weighted by Gasteiger charge is 2.14. The number of carbonyl (C=O) groups is 1. The van der Waals surface area contributed by atoms with E-state index in [-0.39, 0.29) is 11.7 Å². The summed E-state index contributed by atoms with van der Waals surface area (Å²) in [6.07, 6.45) is 8.81. The number of aromatic nitrogens is 1. The molecule has 0 aliphatic carbocycles. The zero-order chi connectivity index (χ0) is 17.5. The molecule has 0 bridgehead atoms. The largest absolute Gasteiger partial charge is 0.292 e. The van der Waals surface area contributed by atoms with Gasteiger partial charge in [0, 0.05) is 17.9 Å². The molecule has 2 nitrogen and oxygen atoms in total. The van der Waals surface area contributed by atoms with Crippen molar-refractivity contribution in [3.8, 4) is 23.6 Å². The summed E-state index contributed by atoms with van der Waals surface area (Å²) in [6, 6.07) is 12.4. The zero-order valence-electron chi connectivity index (χ0n) is 14.8. The second-order valence-electron chi connectivity index (χ2n) is 6.24. The number of ketones is 1. The summed E-state index contributed by atoms with van der Waals surface area (Å²) >= 11 is 0. The maximum atomic E-state index is 12.4. The normalized spacial score (nSPS) is 11.8. The Bertz CT molecular complexity index is 738. The first-order chi connectivity index (χ1) is 11.6. The smallest absolute Gasteiger partial charge is 0.182 e. The number of terminal acetylenes is 1. The molecule has 2 rings (SSSR count). The summed E-state index contributed by atoms with van der Waals surface area (Å²) in [6.45, 7) is 6.14. The van der Waals surface area contributed by atoms with Crippen molar-refractivity contribution in [3.63, 3.8) is 0 Å². The third-order valence-corrected chi connectivity index (χ3v) is 4.14. The molecule has 0 spiro atoms. The van der Waals surface area contributed by atoms with Crippen LogP contribution in [0.4, 0.5) is 0 Å². The Labute approximate surface area is 145 Å². The van der Waals surface area contributed by atoms with E-state index in [4.69, 9.17) is 6.42 Å². The summed E-state index contributed by atoms with van der Waals surface area (Å²) < 4.78 is 0. The highest BCUT2D eigenvalue weighted by atomic mass is 16.1. The van der Waals surface area contributed by atoms with Gasteiger partial charge in [-0.05, 0) is 36.1 Å². The fourth-order valence-electron chi connectivity index (χ4n) is 2.65. The van der Waals surface area contributed by atoms with Crippen molar-refractivity contribution in [1.29, 1.82) is 0 Å². The molecule has 2 aromatic rings. The van der Waals surface area contributed by atoms with Crippen LogP contribution in [-0.4, -0.2) is 10.8 Å². The van der Waals surface area contributed by atoms with Crippen LogP contribution in [0.15, 0.2) is 36.4 Å². The van der Waals surface area contributed by atoms with Crippen LogP contribution >= 0.6 is 0 Å². The maximum Gasteiger partial charge on any atom is 0.182 e. The topological polar surface area (TPSA) is 30.0 Å². The van der Waals surface area contributed by atoms with E-state index in [1.54, 1.807) is 0 Å². The lowest BCUT2D eigenvalue weighted by Gasteiger charge is -2.09. The van der Waals surface area contributed by atoms with Gasteiger partial charge in [-0.15, -0.1) is 12.3 Å². The van der Waals surface area contributed by atoms with Crippen molar-refractivity contribution in [1.82, 2.24) is 4.98 Å². The predicted octanol–water partition coefficient (Wildman–Crippen LogP) is 5.11. The summed E-state index contributed by atoms with van der Waals surface area (Å²) in [5, 5.41) is 0. The molecule has 0 fully saturated rings. The first-order valence-electron chi connectivity index (χ1n) is 8.67. The average Bonchev–Trinajstić information content (AvgIpc) is 2.62. The quantitative estimate of drug-likeness (QED) is 0.524. The van der Waals surface area contributed by atoms with Gasteiger partial charge in [0.25, 0.3) is 0 Å². The molecule has 0 amide bonds. The molecule has 0 saturated heterocycles. The van der Waals surface area contributed by atoms with Crippen LogP contribution in [0.1, 0.15) is 55.2 Å². The van der Waals surface area contributed by atoms with Crippen LogP contribution in [-0.2, 0) is 12.8 Å². The fourth-order valence-corrected chi connectivity index (χ4v) is 2.65. The van der Waals surface area contributed by atoms with Crippen molar-refractivity contribution in [2.45, 2.75) is 46.5 Å². The number of carbonyl (C=O) groups excluding carboxylic acids is 1. The van der Waals surface area contributed by atoms with Crippen LogP contribution in [0.2, 0.25) is 0 Å². The van der Waals surface area contributed by atoms with Gasteiger partial charge in [0.2, 0.25) is 0 Å². The Kier molecular flexibility index (Phi) is 6.32. The second-order valence-corrected chi connectivity index (χ2v) is 6.24. The molecule has 0 N–H and O–H groups in total. The van der Waals surface area contributed by atoms with Gasteiger partial charge in [0.15, 0.2) is 5.78 Å². The van der Waals surface area contributed by atoms with E-state index < -0.39 is 0 Å². The van der Waals surface area contributed by atoms with Gasteiger partial charge >= 0.3 is 0 Å². The number of hydrogen-bond acceptors (Lipinski definition) is 2. The lowest BCUT2D eigenvalue weighted by Crippen LogP contribution is -2.08. The number of nitrogens with zero attached hydrogens (tertiary/aromatic N) is 1. The van der Waals surface area contributed by atoms with Gasteiger partial charge in [-0.3, -0.25) is 4.79 Å². The maximum absolute atomic E-state index is 12.4. The number of pyridine rings is 1. The Balaban J connectivity index is 2.34. The summed E-state index contributed by atoms with van der Waals surface area (Å²) in [5.41, 5.74) is 4.86. The Hall–Kier alpha value is -2.40. The van der Waals surface area contributed by atoms with Crippen molar-refractivity contribution in [2.24, 2.45) is 5.92 Å². The fraction of sp³-hybridized carbons (Fsp3) is 0.364. The van der Waals surface area contributed by atoms with E-state index in [1.165, 1.54) is 5.56 Å². The van der Waals surface area contributed by atoms with Gasteiger partial charge in [-0.25, -0.2) is 4.98 Å². The third-order valence-electron chi connectivity index (χ3n) is 4.14. The third kappa shape index (κ3) is 4.55. The number of aryl methyl sites for hydroxylation is 2. The summed E-state index contributed by atoms with van der Waals surface area (Å²) in [5.74, 6) is 2.56. The predicted molar refractivity (Wildman–Crippen MR) is 100.0 cm³/mol. The van der Waals surface area contributed by atoms with Gasteiger partial charge in [0.1, 0.15) is 5.69 Å². The van der Waals surface area contributed by atoms with Crippen molar-refractivity contribution in [2.75, 3.05) is 0 Å². The van der Waals surface area contributed by atoms with Crippen molar-refractivity contribution >= 4 is 5.78 Å². The van der Waals surface area contributed by atoms with Gasteiger partial charge in [-0.2, -0.15) is 0 Å². The molecule has 0 aliphatic rings. The first-order valence-corrected chi connectivity index (χ1v) is 8.67. The Morgan fingerprint density at radius 3 is 2.46 bits per heavy atom. The van der Waals surface area contributed by atoms with Crippen LogP contribution in [0.25, 0.3) is 11.3 Å². The van der Waals surface area contributed by atoms with E-state index in [0.717, 1.165) is 36.1 Å². The number of rotatable bonds is 7. The molecule has 1 unspecified atom stereocenters. The number of Topliss-reactive ketones (excluding diaryl/α,β-unsaturated/α-hetero) is 1. The molecule has 0 radical (unpaired) electrons. The molecule has 2 heteroatoms. The minimum absolute atomic E-state index is 0.0135. The van der Waals surface area contributed by atoms with Crippen LogP contribution in [0.5, 0.6) is 0 Å². The standard InChI is InChI=1S/C22H25NO/c1-5-8-18-9-11-19(12-10-18)20-14-17(7-3)15-21(23-20)22(24)13-16(4)6-2/h2,9-12,14-16H,5,7-8,13H2,1,3-4H3. The molecule has 1 aromatic heterocycles. The van der Waals surface area contributed by atoms with Crippen LogP contribution in [0.3, 0.4) is 0 Å². The van der Waals surface area contributed by atoms with Gasteiger partial charge in [0.05, 0.1) is 5.69 Å². The molecular weight excluding hydrogens is 294 g/mol. The molecular formula is C22H25NO. The van der Waals surface area contributed by atoms with Crippen molar-refractivity contribution < 1.29 is 4.79 Å². The Morgan fingerprint density at radius 2 is 1.88 bits per heavy atom. The van der Waals surface area contributed by atoms with Crippen molar-refractivity contribution in [3.05, 3.63) is 53.2 Å². The SMILES string of the molecule is C#CC(C)CC(=O)c1cc(CC)cc(-c2ccc(CCC)cc2)n1. The van der Waals surface area contributed by atoms with Crippen LogP contribution < -0.4 is 0 Å². The molecule has 24 heavy (non-hydrogen) atoms. The van der Waals surface area contributed by atoms with E-state index in [2.05, 4.69) is 55.1 Å². The lowest BCUT2D eigenvalue weighted by molar-refractivity contribution is 0.0968.